The van der Waals surface area contributed by atoms with E-state index in [1.807, 2.05) is 6.92 Å². The number of aryl methyl sites for hydroxylation is 1. The van der Waals surface area contributed by atoms with Crippen LogP contribution in [0.25, 0.3) is 0 Å². The predicted octanol–water partition coefficient (Wildman–Crippen LogP) is 0.634. The molecule has 0 saturated heterocycles. The smallest absolute Gasteiger partial charge is 0.216 e. The highest BCUT2D eigenvalue weighted by Crippen LogP contribution is 2.14. The van der Waals surface area contributed by atoms with Gasteiger partial charge in [-0.15, -0.1) is 6.42 Å². The molecule has 0 spiro atoms. The van der Waals surface area contributed by atoms with Crippen molar-refractivity contribution in [2.45, 2.75) is 13.5 Å². The van der Waals surface area contributed by atoms with E-state index in [4.69, 9.17) is 11.2 Å². The maximum atomic E-state index is 5.11. The maximum Gasteiger partial charge on any atom is 0.216 e. The minimum atomic E-state index is 0.424. The van der Waals surface area contributed by atoms with Crippen molar-refractivity contribution in [2.75, 3.05) is 7.11 Å². The van der Waals surface area contributed by atoms with Crippen molar-refractivity contribution >= 4 is 0 Å². The highest BCUT2D eigenvalue weighted by Gasteiger charge is 2.05. The molecule has 1 radical (unpaired) electrons. The summed E-state index contributed by atoms with van der Waals surface area (Å²) < 4.78 is 6.63. The van der Waals surface area contributed by atoms with Crippen LogP contribution in [0.2, 0.25) is 0 Å². The minimum Gasteiger partial charge on any atom is -0.481 e. The molecule has 1 heterocycles. The molecule has 0 fully saturated rings. The molecule has 0 aliphatic carbocycles. The van der Waals surface area contributed by atoms with Crippen LogP contribution in [-0.2, 0) is 6.54 Å². The zero-order chi connectivity index (χ0) is 8.27. The highest BCUT2D eigenvalue weighted by molar-refractivity contribution is 5.21. The summed E-state index contributed by atoms with van der Waals surface area (Å²) in [5, 5.41) is 3.90. The van der Waals surface area contributed by atoms with Gasteiger partial charge in [-0.3, -0.25) is 0 Å². The Labute approximate surface area is 66.0 Å². The van der Waals surface area contributed by atoms with Gasteiger partial charge in [-0.25, -0.2) is 4.68 Å². The summed E-state index contributed by atoms with van der Waals surface area (Å²) in [6, 6.07) is 0. The third-order valence-corrected chi connectivity index (χ3v) is 1.33. The van der Waals surface area contributed by atoms with Gasteiger partial charge in [-0.1, -0.05) is 5.92 Å². The van der Waals surface area contributed by atoms with Crippen LogP contribution in [0, 0.1) is 25.5 Å². The van der Waals surface area contributed by atoms with Crippen LogP contribution in [0.3, 0.4) is 0 Å². The second-order valence-corrected chi connectivity index (χ2v) is 2.11. The number of ether oxygens (including phenoxy) is 1. The van der Waals surface area contributed by atoms with Gasteiger partial charge in [0.05, 0.1) is 7.11 Å². The molecule has 3 heteroatoms. The van der Waals surface area contributed by atoms with Crippen molar-refractivity contribution in [3.63, 3.8) is 0 Å². The van der Waals surface area contributed by atoms with Gasteiger partial charge in [-0.2, -0.15) is 5.10 Å². The van der Waals surface area contributed by atoms with Gasteiger partial charge in [0.25, 0.3) is 0 Å². The van der Waals surface area contributed by atoms with Crippen molar-refractivity contribution < 1.29 is 4.74 Å². The van der Waals surface area contributed by atoms with Crippen LogP contribution in [0.1, 0.15) is 5.56 Å². The van der Waals surface area contributed by atoms with Crippen LogP contribution >= 0.6 is 0 Å². The lowest BCUT2D eigenvalue weighted by molar-refractivity contribution is 0.366. The largest absolute Gasteiger partial charge is 0.481 e. The van der Waals surface area contributed by atoms with E-state index >= 15 is 0 Å². The van der Waals surface area contributed by atoms with E-state index in [0.717, 1.165) is 5.56 Å². The quantitative estimate of drug-likeness (QED) is 0.577. The van der Waals surface area contributed by atoms with Crippen molar-refractivity contribution in [2.24, 2.45) is 0 Å². The standard InChI is InChI=1S/C8H9N2O/c1-4-5-10-8(11-3)7(2)6-9-10/h1H,5H2,2-3H3. The molecule has 0 atom stereocenters. The SMILES string of the molecule is C#CCn1n[c]c(C)c1OC. The molecule has 3 nitrogen and oxygen atoms in total. The van der Waals surface area contributed by atoms with E-state index in [-0.39, 0.29) is 0 Å². The number of rotatable bonds is 2. The Morgan fingerprint density at radius 3 is 3.09 bits per heavy atom. The molecular formula is C8H9N2O. The van der Waals surface area contributed by atoms with Gasteiger partial charge in [0.15, 0.2) is 0 Å². The summed E-state index contributed by atoms with van der Waals surface area (Å²) in [5.41, 5.74) is 0.878. The third-order valence-electron chi connectivity index (χ3n) is 1.33. The lowest BCUT2D eigenvalue weighted by atomic mass is 10.4. The summed E-state index contributed by atoms with van der Waals surface area (Å²) in [6.07, 6.45) is 7.88. The van der Waals surface area contributed by atoms with Gasteiger partial charge in [0.1, 0.15) is 12.7 Å². The summed E-state index contributed by atoms with van der Waals surface area (Å²) >= 11 is 0. The summed E-state index contributed by atoms with van der Waals surface area (Å²) in [7, 11) is 1.59. The highest BCUT2D eigenvalue weighted by atomic mass is 16.5. The average molecular weight is 149 g/mol. The van der Waals surface area contributed by atoms with E-state index in [0.29, 0.717) is 12.4 Å². The van der Waals surface area contributed by atoms with E-state index in [1.54, 1.807) is 11.8 Å². The van der Waals surface area contributed by atoms with E-state index < -0.39 is 0 Å². The molecule has 1 aromatic heterocycles. The topological polar surface area (TPSA) is 27.1 Å². The Hall–Kier alpha value is -1.43. The number of hydrogen-bond acceptors (Lipinski definition) is 2. The molecule has 57 valence electrons. The molecule has 0 aromatic carbocycles. The van der Waals surface area contributed by atoms with Crippen LogP contribution in [0.5, 0.6) is 5.88 Å². The molecule has 0 amide bonds. The Balaban J connectivity index is 2.97. The molecule has 0 aliphatic rings. The number of terminal acetylenes is 1. The number of hydrogen-bond donors (Lipinski definition) is 0. The molecule has 0 N–H and O–H groups in total. The van der Waals surface area contributed by atoms with Gasteiger partial charge in [0.2, 0.25) is 5.88 Å². The van der Waals surface area contributed by atoms with Crippen LogP contribution in [-0.4, -0.2) is 16.9 Å². The van der Waals surface area contributed by atoms with E-state index in [2.05, 4.69) is 17.2 Å². The molecule has 0 bridgehead atoms. The summed E-state index contributed by atoms with van der Waals surface area (Å²) in [5.74, 6) is 3.16. The Morgan fingerprint density at radius 1 is 1.82 bits per heavy atom. The molecule has 0 aliphatic heterocycles. The fourth-order valence-electron chi connectivity index (χ4n) is 0.874. The lowest BCUT2D eigenvalue weighted by Crippen LogP contribution is -2.00. The van der Waals surface area contributed by atoms with E-state index in [9.17, 15) is 0 Å². The van der Waals surface area contributed by atoms with Crippen molar-refractivity contribution in [1.82, 2.24) is 9.78 Å². The van der Waals surface area contributed by atoms with Crippen LogP contribution < -0.4 is 4.74 Å². The molecule has 1 aromatic rings. The molecule has 0 unspecified atom stereocenters. The number of nitrogens with zero attached hydrogens (tertiary/aromatic N) is 2. The molecule has 1 rings (SSSR count). The Bertz CT molecular complexity index is 283. The Morgan fingerprint density at radius 2 is 2.55 bits per heavy atom. The van der Waals surface area contributed by atoms with Gasteiger partial charge >= 0.3 is 0 Å². The van der Waals surface area contributed by atoms with Crippen molar-refractivity contribution in [3.8, 4) is 18.2 Å². The minimum absolute atomic E-state index is 0.424. The second kappa shape index (κ2) is 3.11. The van der Waals surface area contributed by atoms with E-state index in [1.165, 1.54) is 0 Å². The summed E-state index contributed by atoms with van der Waals surface area (Å²) in [4.78, 5) is 0. The van der Waals surface area contributed by atoms with Crippen LogP contribution in [0.4, 0.5) is 0 Å². The Kier molecular flexibility index (Phi) is 2.17. The fraction of sp³-hybridized carbons (Fsp3) is 0.375. The van der Waals surface area contributed by atoms with Crippen molar-refractivity contribution in [3.05, 3.63) is 11.8 Å². The molecular weight excluding hydrogens is 140 g/mol. The van der Waals surface area contributed by atoms with Gasteiger partial charge in [-0.05, 0) is 6.92 Å². The molecule has 0 saturated carbocycles. The summed E-state index contributed by atoms with van der Waals surface area (Å²) in [6.45, 7) is 2.30. The van der Waals surface area contributed by atoms with Gasteiger partial charge < -0.3 is 4.74 Å². The zero-order valence-electron chi connectivity index (χ0n) is 6.59. The maximum absolute atomic E-state index is 5.11. The first-order valence-corrected chi connectivity index (χ1v) is 3.22. The predicted molar refractivity (Wildman–Crippen MR) is 41.2 cm³/mol. The second-order valence-electron chi connectivity index (χ2n) is 2.11. The first kappa shape index (κ1) is 7.67. The number of aromatic nitrogens is 2. The first-order valence-electron chi connectivity index (χ1n) is 3.22. The third kappa shape index (κ3) is 1.35. The number of methoxy groups -OCH3 is 1. The normalized spacial score (nSPS) is 9.18. The zero-order valence-corrected chi connectivity index (χ0v) is 6.59. The first-order chi connectivity index (χ1) is 5.29. The van der Waals surface area contributed by atoms with Crippen LogP contribution in [0.15, 0.2) is 0 Å². The molecule has 11 heavy (non-hydrogen) atoms. The fourth-order valence-corrected chi connectivity index (χ4v) is 0.874. The average Bonchev–Trinajstić information content (AvgIpc) is 2.33. The lowest BCUT2D eigenvalue weighted by Gasteiger charge is -2.01. The van der Waals surface area contributed by atoms with Crippen molar-refractivity contribution in [1.29, 1.82) is 0 Å². The van der Waals surface area contributed by atoms with Gasteiger partial charge in [0, 0.05) is 5.56 Å². The monoisotopic (exact) mass is 149 g/mol.